The zero-order chi connectivity index (χ0) is 19.1. The van der Waals surface area contributed by atoms with E-state index in [0.717, 1.165) is 37.1 Å². The number of benzene rings is 2. The summed E-state index contributed by atoms with van der Waals surface area (Å²) in [5, 5.41) is 0. The first kappa shape index (κ1) is 19.2. The van der Waals surface area contributed by atoms with Gasteiger partial charge in [0.25, 0.3) is 0 Å². The summed E-state index contributed by atoms with van der Waals surface area (Å²) in [6, 6.07) is 18.5. The van der Waals surface area contributed by atoms with E-state index < -0.39 is 0 Å². The molecule has 0 aliphatic carbocycles. The largest absolute Gasteiger partial charge is 0.341 e. The van der Waals surface area contributed by atoms with Gasteiger partial charge in [0.15, 0.2) is 0 Å². The van der Waals surface area contributed by atoms with Gasteiger partial charge in [0, 0.05) is 32.6 Å². The Morgan fingerprint density at radius 2 is 1.37 bits per heavy atom. The minimum absolute atomic E-state index is 0.146. The molecule has 142 valence electrons. The fourth-order valence-electron chi connectivity index (χ4n) is 3.52. The Balaban J connectivity index is 1.56. The predicted molar refractivity (Wildman–Crippen MR) is 108 cm³/mol. The van der Waals surface area contributed by atoms with Crippen LogP contribution in [0.25, 0.3) is 11.1 Å². The Hall–Kier alpha value is -2.62. The molecule has 0 spiro atoms. The van der Waals surface area contributed by atoms with E-state index in [1.165, 1.54) is 5.56 Å². The van der Waals surface area contributed by atoms with Crippen molar-refractivity contribution in [2.24, 2.45) is 0 Å². The van der Waals surface area contributed by atoms with Gasteiger partial charge in [-0.3, -0.25) is 9.59 Å². The maximum absolute atomic E-state index is 12.7. The summed E-state index contributed by atoms with van der Waals surface area (Å²) < 4.78 is 0. The molecule has 0 N–H and O–H groups in total. The first-order valence-electron chi connectivity index (χ1n) is 9.87. The van der Waals surface area contributed by atoms with E-state index >= 15 is 0 Å². The minimum Gasteiger partial charge on any atom is -0.341 e. The van der Waals surface area contributed by atoms with Gasteiger partial charge in [0.05, 0.1) is 6.42 Å². The Morgan fingerprint density at radius 3 is 2.00 bits per heavy atom. The molecule has 0 aromatic heterocycles. The van der Waals surface area contributed by atoms with Crippen LogP contribution < -0.4 is 0 Å². The van der Waals surface area contributed by atoms with Crippen LogP contribution in [-0.2, 0) is 16.0 Å². The van der Waals surface area contributed by atoms with E-state index in [2.05, 4.69) is 24.3 Å². The molecule has 2 aromatic carbocycles. The molecule has 0 atom stereocenters. The van der Waals surface area contributed by atoms with Crippen molar-refractivity contribution >= 4 is 11.8 Å². The number of carbonyl (C=O) groups is 2. The van der Waals surface area contributed by atoms with Crippen LogP contribution in [0.5, 0.6) is 0 Å². The van der Waals surface area contributed by atoms with Crippen molar-refractivity contribution in [3.05, 3.63) is 60.2 Å². The molecule has 2 aromatic rings. The van der Waals surface area contributed by atoms with Crippen molar-refractivity contribution in [3.8, 4) is 11.1 Å². The number of rotatable bonds is 5. The molecule has 27 heavy (non-hydrogen) atoms. The van der Waals surface area contributed by atoms with Crippen molar-refractivity contribution in [2.45, 2.75) is 32.6 Å². The molecule has 1 heterocycles. The van der Waals surface area contributed by atoms with Crippen LogP contribution in [0.15, 0.2) is 54.6 Å². The van der Waals surface area contributed by atoms with E-state index in [4.69, 9.17) is 0 Å². The summed E-state index contributed by atoms with van der Waals surface area (Å²) in [5.41, 5.74) is 3.37. The normalized spacial score (nSPS) is 14.7. The van der Waals surface area contributed by atoms with Crippen LogP contribution in [0.4, 0.5) is 0 Å². The SMILES string of the molecule is CCCC(=O)N1CCCN(C(=O)Cc2ccc(-c3ccccc3)cc2)CC1. The van der Waals surface area contributed by atoms with Crippen molar-refractivity contribution in [2.75, 3.05) is 26.2 Å². The second-order valence-corrected chi connectivity index (χ2v) is 7.10. The summed E-state index contributed by atoms with van der Waals surface area (Å²) in [4.78, 5) is 28.6. The molecule has 4 heteroatoms. The highest BCUT2D eigenvalue weighted by molar-refractivity contribution is 5.80. The van der Waals surface area contributed by atoms with Crippen LogP contribution in [0.1, 0.15) is 31.7 Å². The number of carbonyl (C=O) groups excluding carboxylic acids is 2. The Morgan fingerprint density at radius 1 is 0.778 bits per heavy atom. The molecule has 0 saturated carbocycles. The lowest BCUT2D eigenvalue weighted by Crippen LogP contribution is -2.37. The summed E-state index contributed by atoms with van der Waals surface area (Å²) >= 11 is 0. The van der Waals surface area contributed by atoms with Crippen molar-refractivity contribution in [1.29, 1.82) is 0 Å². The van der Waals surface area contributed by atoms with Crippen molar-refractivity contribution < 1.29 is 9.59 Å². The molecular formula is C23H28N2O2. The molecule has 1 aliphatic rings. The smallest absolute Gasteiger partial charge is 0.227 e. The summed E-state index contributed by atoms with van der Waals surface area (Å²) in [7, 11) is 0. The Labute approximate surface area is 161 Å². The molecule has 0 bridgehead atoms. The third-order valence-electron chi connectivity index (χ3n) is 5.08. The highest BCUT2D eigenvalue weighted by atomic mass is 16.2. The van der Waals surface area contributed by atoms with Crippen LogP contribution in [-0.4, -0.2) is 47.8 Å². The number of hydrogen-bond donors (Lipinski definition) is 0. The first-order chi connectivity index (χ1) is 13.2. The predicted octanol–water partition coefficient (Wildman–Crippen LogP) is 3.76. The number of nitrogens with zero attached hydrogens (tertiary/aromatic N) is 2. The molecule has 1 saturated heterocycles. The lowest BCUT2D eigenvalue weighted by Gasteiger charge is -2.22. The van der Waals surface area contributed by atoms with Gasteiger partial charge in [0.1, 0.15) is 0 Å². The van der Waals surface area contributed by atoms with E-state index in [-0.39, 0.29) is 11.8 Å². The molecular weight excluding hydrogens is 336 g/mol. The average molecular weight is 364 g/mol. The van der Waals surface area contributed by atoms with E-state index in [1.807, 2.05) is 47.1 Å². The topological polar surface area (TPSA) is 40.6 Å². The first-order valence-corrected chi connectivity index (χ1v) is 9.87. The molecule has 1 aliphatic heterocycles. The Kier molecular flexibility index (Phi) is 6.64. The minimum atomic E-state index is 0.146. The van der Waals surface area contributed by atoms with Crippen molar-refractivity contribution in [3.63, 3.8) is 0 Å². The molecule has 4 nitrogen and oxygen atoms in total. The van der Waals surface area contributed by atoms with Gasteiger partial charge in [0.2, 0.25) is 11.8 Å². The van der Waals surface area contributed by atoms with E-state index in [9.17, 15) is 9.59 Å². The summed E-state index contributed by atoms with van der Waals surface area (Å²) in [6.45, 7) is 4.80. The monoisotopic (exact) mass is 364 g/mol. The summed E-state index contributed by atoms with van der Waals surface area (Å²) in [6.07, 6.45) is 2.74. The lowest BCUT2D eigenvalue weighted by molar-refractivity contribution is -0.133. The van der Waals surface area contributed by atoms with Gasteiger partial charge < -0.3 is 9.80 Å². The number of hydrogen-bond acceptors (Lipinski definition) is 2. The summed E-state index contributed by atoms with van der Waals surface area (Å²) in [5.74, 6) is 0.357. The zero-order valence-corrected chi connectivity index (χ0v) is 16.1. The maximum Gasteiger partial charge on any atom is 0.227 e. The molecule has 0 radical (unpaired) electrons. The van der Waals surface area contributed by atoms with Gasteiger partial charge >= 0.3 is 0 Å². The molecule has 3 rings (SSSR count). The zero-order valence-electron chi connectivity index (χ0n) is 16.1. The highest BCUT2D eigenvalue weighted by Gasteiger charge is 2.21. The highest BCUT2D eigenvalue weighted by Crippen LogP contribution is 2.19. The quantitative estimate of drug-likeness (QED) is 0.811. The maximum atomic E-state index is 12.7. The van der Waals surface area contributed by atoms with Crippen LogP contribution in [0.2, 0.25) is 0 Å². The molecule has 1 fully saturated rings. The third kappa shape index (κ3) is 5.19. The Bertz CT molecular complexity index is 756. The number of amides is 2. The third-order valence-corrected chi connectivity index (χ3v) is 5.08. The second-order valence-electron chi connectivity index (χ2n) is 7.10. The van der Waals surface area contributed by atoms with E-state index in [0.29, 0.717) is 25.9 Å². The van der Waals surface area contributed by atoms with Gasteiger partial charge in [-0.1, -0.05) is 61.5 Å². The van der Waals surface area contributed by atoms with Gasteiger partial charge in [-0.2, -0.15) is 0 Å². The second kappa shape index (κ2) is 9.36. The van der Waals surface area contributed by atoms with Crippen LogP contribution >= 0.6 is 0 Å². The lowest BCUT2D eigenvalue weighted by atomic mass is 10.0. The van der Waals surface area contributed by atoms with Crippen molar-refractivity contribution in [1.82, 2.24) is 9.80 Å². The van der Waals surface area contributed by atoms with Gasteiger partial charge in [-0.05, 0) is 29.5 Å². The van der Waals surface area contributed by atoms with Gasteiger partial charge in [-0.25, -0.2) is 0 Å². The standard InChI is InChI=1S/C23H28N2O2/c1-2-7-22(26)24-14-6-15-25(17-16-24)23(27)18-19-10-12-21(13-11-19)20-8-4-3-5-9-20/h3-5,8-13H,2,6-7,14-18H2,1H3. The van der Waals surface area contributed by atoms with Crippen LogP contribution in [0.3, 0.4) is 0 Å². The van der Waals surface area contributed by atoms with Crippen LogP contribution in [0, 0.1) is 0 Å². The average Bonchev–Trinajstić information content (AvgIpc) is 2.96. The fourth-order valence-corrected chi connectivity index (χ4v) is 3.52. The van der Waals surface area contributed by atoms with E-state index in [1.54, 1.807) is 0 Å². The molecule has 0 unspecified atom stereocenters. The van der Waals surface area contributed by atoms with Gasteiger partial charge in [-0.15, -0.1) is 0 Å². The fraction of sp³-hybridized carbons (Fsp3) is 0.391. The molecule has 2 amide bonds.